The minimum Gasteiger partial charge on any atom is -0.491 e. The summed E-state index contributed by atoms with van der Waals surface area (Å²) in [5.74, 6) is 0.744. The highest BCUT2D eigenvalue weighted by atomic mass is 32.2. The van der Waals surface area contributed by atoms with Gasteiger partial charge in [0, 0.05) is 12.6 Å². The Morgan fingerprint density at radius 2 is 1.91 bits per heavy atom. The van der Waals surface area contributed by atoms with Gasteiger partial charge in [-0.3, -0.25) is 8.98 Å². The van der Waals surface area contributed by atoms with Crippen LogP contribution in [0.3, 0.4) is 0 Å². The summed E-state index contributed by atoms with van der Waals surface area (Å²) >= 11 is 0. The second-order valence-electron chi connectivity index (χ2n) is 7.93. The number of rotatable bonds is 11. The molecule has 3 rings (SSSR count). The van der Waals surface area contributed by atoms with Gasteiger partial charge in [-0.05, 0) is 61.1 Å². The third-order valence-corrected chi connectivity index (χ3v) is 5.77. The first-order chi connectivity index (χ1) is 15.3. The van der Waals surface area contributed by atoms with E-state index in [0.717, 1.165) is 37.5 Å². The Hall–Kier alpha value is -2.62. The predicted molar refractivity (Wildman–Crippen MR) is 121 cm³/mol. The van der Waals surface area contributed by atoms with Gasteiger partial charge in [0.05, 0.1) is 6.26 Å². The highest BCUT2D eigenvalue weighted by Crippen LogP contribution is 2.25. The topological polar surface area (TPSA) is 117 Å². The normalized spacial score (nSPS) is 17.1. The number of nitrogens with two attached hydrogens (primary N) is 1. The van der Waals surface area contributed by atoms with Gasteiger partial charge in [-0.2, -0.15) is 8.42 Å². The molecule has 2 atom stereocenters. The van der Waals surface area contributed by atoms with Crippen LogP contribution >= 0.6 is 0 Å². The Bertz CT molecular complexity index is 997. The predicted octanol–water partition coefficient (Wildman–Crippen LogP) is 1.81. The van der Waals surface area contributed by atoms with Crippen LogP contribution < -0.4 is 20.5 Å². The second kappa shape index (κ2) is 11.3. The summed E-state index contributed by atoms with van der Waals surface area (Å²) in [5.41, 5.74) is 7.55. The summed E-state index contributed by atoms with van der Waals surface area (Å²) < 4.78 is 39.8. The maximum atomic E-state index is 11.7. The van der Waals surface area contributed by atoms with Crippen LogP contribution in [-0.2, 0) is 31.9 Å². The zero-order chi connectivity index (χ0) is 23.0. The molecule has 0 saturated heterocycles. The molecule has 174 valence electrons. The molecule has 32 heavy (non-hydrogen) atoms. The van der Waals surface area contributed by atoms with Crippen LogP contribution in [0, 0.1) is 0 Å². The first-order valence-electron chi connectivity index (χ1n) is 10.6. The standard InChI is InChI=1S/C23H30N2O6S/c1-32(27,28)31-22(15-29-20-8-3-2-4-9-20)14-25-19-7-5-6-17-10-11-21(13-18(17)12-19)30-16-23(24)26/h2-4,8-11,13,19,22,25H,5-7,12,14-16H2,1H3,(H2,24,26)/t19?,22-/m0/s1. The Labute approximate surface area is 189 Å². The maximum absolute atomic E-state index is 11.7. The van der Waals surface area contributed by atoms with Gasteiger partial charge >= 0.3 is 0 Å². The number of carbonyl (C=O) groups is 1. The molecule has 1 aliphatic rings. The lowest BCUT2D eigenvalue weighted by Gasteiger charge is -2.22. The van der Waals surface area contributed by atoms with Crippen LogP contribution in [0.5, 0.6) is 11.5 Å². The smallest absolute Gasteiger partial charge is 0.264 e. The number of aryl methyl sites for hydroxylation is 1. The van der Waals surface area contributed by atoms with Gasteiger partial charge in [-0.1, -0.05) is 24.3 Å². The minimum atomic E-state index is -3.63. The average Bonchev–Trinajstić information content (AvgIpc) is 2.95. The van der Waals surface area contributed by atoms with Crippen molar-refractivity contribution in [3.63, 3.8) is 0 Å². The third-order valence-electron chi connectivity index (χ3n) is 5.15. The third kappa shape index (κ3) is 8.14. The fraction of sp³-hybridized carbons (Fsp3) is 0.435. The molecule has 1 amide bonds. The zero-order valence-corrected chi connectivity index (χ0v) is 19.0. The molecule has 0 spiro atoms. The van der Waals surface area contributed by atoms with Crippen molar-refractivity contribution in [2.24, 2.45) is 5.73 Å². The molecule has 2 aromatic rings. The highest BCUT2D eigenvalue weighted by Gasteiger charge is 2.21. The fourth-order valence-corrected chi connectivity index (χ4v) is 4.35. The van der Waals surface area contributed by atoms with Crippen LogP contribution in [0.25, 0.3) is 0 Å². The summed E-state index contributed by atoms with van der Waals surface area (Å²) in [6.45, 7) is 0.280. The van der Waals surface area contributed by atoms with E-state index in [9.17, 15) is 13.2 Å². The van der Waals surface area contributed by atoms with Gasteiger partial charge in [0.25, 0.3) is 16.0 Å². The number of carbonyl (C=O) groups excluding carboxylic acids is 1. The molecular formula is C23H30N2O6S. The molecule has 1 unspecified atom stereocenters. The van der Waals surface area contributed by atoms with Gasteiger partial charge in [0.15, 0.2) is 6.61 Å². The molecule has 8 nitrogen and oxygen atoms in total. The Morgan fingerprint density at radius 1 is 1.12 bits per heavy atom. The van der Waals surface area contributed by atoms with E-state index in [-0.39, 0.29) is 19.3 Å². The van der Waals surface area contributed by atoms with Crippen LogP contribution in [-0.4, -0.2) is 52.5 Å². The van der Waals surface area contributed by atoms with Gasteiger partial charge in [-0.15, -0.1) is 0 Å². The van der Waals surface area contributed by atoms with E-state index < -0.39 is 22.1 Å². The van der Waals surface area contributed by atoms with Crippen LogP contribution in [0.1, 0.15) is 24.0 Å². The first-order valence-corrected chi connectivity index (χ1v) is 12.4. The molecule has 9 heteroatoms. The zero-order valence-electron chi connectivity index (χ0n) is 18.2. The number of primary amides is 1. The van der Waals surface area contributed by atoms with Crippen molar-refractivity contribution in [3.05, 3.63) is 59.7 Å². The van der Waals surface area contributed by atoms with E-state index in [1.807, 2.05) is 48.5 Å². The van der Waals surface area contributed by atoms with Crippen LogP contribution in [0.4, 0.5) is 0 Å². The molecule has 0 bridgehead atoms. The number of hydrogen-bond donors (Lipinski definition) is 2. The van der Waals surface area contributed by atoms with E-state index in [1.54, 1.807) is 0 Å². The van der Waals surface area contributed by atoms with Gasteiger partial charge < -0.3 is 20.5 Å². The van der Waals surface area contributed by atoms with E-state index in [2.05, 4.69) is 5.32 Å². The molecule has 1 aliphatic carbocycles. The van der Waals surface area contributed by atoms with Gasteiger partial charge in [0.2, 0.25) is 0 Å². The summed E-state index contributed by atoms with van der Waals surface area (Å²) in [7, 11) is -3.63. The number of nitrogens with one attached hydrogen (secondary N) is 1. The van der Waals surface area contributed by atoms with Crippen molar-refractivity contribution in [1.82, 2.24) is 5.32 Å². The summed E-state index contributed by atoms with van der Waals surface area (Å²) in [6, 6.07) is 15.2. The SMILES string of the molecule is CS(=O)(=O)O[C@@H](CNC1CCCc2ccc(OCC(N)=O)cc2C1)COc1ccccc1. The molecule has 0 aliphatic heterocycles. The lowest BCUT2D eigenvalue weighted by molar-refractivity contribution is -0.119. The number of fused-ring (bicyclic) bond motifs is 1. The molecule has 0 radical (unpaired) electrons. The molecular weight excluding hydrogens is 432 g/mol. The van der Waals surface area contributed by atoms with Crippen molar-refractivity contribution in [2.45, 2.75) is 37.8 Å². The van der Waals surface area contributed by atoms with Crippen LogP contribution in [0.2, 0.25) is 0 Å². The summed E-state index contributed by atoms with van der Waals surface area (Å²) in [4.78, 5) is 11.0. The minimum absolute atomic E-state index is 0.110. The Morgan fingerprint density at radius 3 is 2.62 bits per heavy atom. The largest absolute Gasteiger partial charge is 0.491 e. The quantitative estimate of drug-likeness (QED) is 0.386. The van der Waals surface area contributed by atoms with Crippen molar-refractivity contribution in [3.8, 4) is 11.5 Å². The molecule has 2 aromatic carbocycles. The van der Waals surface area contributed by atoms with E-state index in [4.69, 9.17) is 19.4 Å². The Kier molecular flexibility index (Phi) is 8.49. The molecule has 0 saturated carbocycles. The van der Waals surface area contributed by atoms with E-state index >= 15 is 0 Å². The monoisotopic (exact) mass is 462 g/mol. The first kappa shape index (κ1) is 24.0. The number of ether oxygens (including phenoxy) is 2. The average molecular weight is 463 g/mol. The number of benzene rings is 2. The lowest BCUT2D eigenvalue weighted by Crippen LogP contribution is -2.41. The molecule has 3 N–H and O–H groups in total. The summed E-state index contributed by atoms with van der Waals surface area (Å²) in [5, 5.41) is 3.45. The van der Waals surface area contributed by atoms with Gasteiger partial charge in [0.1, 0.15) is 24.2 Å². The maximum Gasteiger partial charge on any atom is 0.264 e. The second-order valence-corrected chi connectivity index (χ2v) is 9.53. The fourth-order valence-electron chi connectivity index (χ4n) is 3.73. The van der Waals surface area contributed by atoms with Crippen molar-refractivity contribution in [2.75, 3.05) is 26.0 Å². The lowest BCUT2D eigenvalue weighted by atomic mass is 10.0. The molecule has 0 fully saturated rings. The van der Waals surface area contributed by atoms with Crippen LogP contribution in [0.15, 0.2) is 48.5 Å². The Balaban J connectivity index is 1.61. The van der Waals surface area contributed by atoms with Gasteiger partial charge in [-0.25, -0.2) is 0 Å². The highest BCUT2D eigenvalue weighted by molar-refractivity contribution is 7.86. The molecule has 0 aromatic heterocycles. The number of amides is 1. The van der Waals surface area contributed by atoms with Crippen molar-refractivity contribution in [1.29, 1.82) is 0 Å². The van der Waals surface area contributed by atoms with Crippen molar-refractivity contribution >= 4 is 16.0 Å². The van der Waals surface area contributed by atoms with E-state index in [1.165, 1.54) is 5.56 Å². The van der Waals surface area contributed by atoms with Crippen molar-refractivity contribution < 1.29 is 26.9 Å². The molecule has 0 heterocycles. The number of para-hydroxylation sites is 1. The van der Waals surface area contributed by atoms with E-state index in [0.29, 0.717) is 18.0 Å². The number of hydrogen-bond acceptors (Lipinski definition) is 7. The summed E-state index contributed by atoms with van der Waals surface area (Å²) in [6.07, 6.45) is 4.04.